The summed E-state index contributed by atoms with van der Waals surface area (Å²) in [5, 5.41) is 13.8. The lowest BCUT2D eigenvalue weighted by molar-refractivity contribution is -0.179. The second-order valence-electron chi connectivity index (χ2n) is 15.9. The number of benzene rings is 5. The van der Waals surface area contributed by atoms with Crippen LogP contribution in [0.1, 0.15) is 51.6 Å². The van der Waals surface area contributed by atoms with Gasteiger partial charge in [-0.1, -0.05) is 84.6 Å². The second kappa shape index (κ2) is 15.8. The van der Waals surface area contributed by atoms with E-state index in [1.165, 1.54) is 0 Å². The maximum absolute atomic E-state index is 15.8. The molecule has 0 radical (unpaired) electrons. The summed E-state index contributed by atoms with van der Waals surface area (Å²) in [4.78, 5) is 61.3. The molecule has 1 aromatic heterocycles. The fourth-order valence-corrected chi connectivity index (χ4v) is 9.90. The third kappa shape index (κ3) is 6.49. The van der Waals surface area contributed by atoms with Gasteiger partial charge >= 0.3 is 5.97 Å². The highest BCUT2D eigenvalue weighted by Crippen LogP contribution is 2.65. The molecule has 62 heavy (non-hydrogen) atoms. The molecule has 0 bridgehead atoms. The summed E-state index contributed by atoms with van der Waals surface area (Å²) in [6, 6.07) is 38.1. The number of nitrogens with one attached hydrogen (secondary N) is 1. The molecule has 4 aliphatic rings. The van der Waals surface area contributed by atoms with Crippen LogP contribution >= 0.6 is 0 Å². The van der Waals surface area contributed by atoms with Crippen LogP contribution in [0.4, 0.5) is 11.6 Å². The Morgan fingerprint density at radius 3 is 2.08 bits per heavy atom. The zero-order chi connectivity index (χ0) is 42.4. The van der Waals surface area contributed by atoms with Gasteiger partial charge in [-0.25, -0.2) is 9.97 Å². The van der Waals surface area contributed by atoms with Gasteiger partial charge in [0.2, 0.25) is 17.8 Å². The number of phenolic OH excluding ortho intramolecular Hbond substituents is 1. The zero-order valence-corrected chi connectivity index (χ0v) is 33.8. The highest BCUT2D eigenvalue weighted by molar-refractivity contribution is 6.12. The van der Waals surface area contributed by atoms with E-state index in [2.05, 4.69) is 32.0 Å². The molecule has 6 atom stereocenters. The number of carbonyl (C=O) groups excluding carboxylic acids is 3. The Morgan fingerprint density at radius 2 is 1.40 bits per heavy atom. The Balaban J connectivity index is 1.18. The van der Waals surface area contributed by atoms with Crippen molar-refractivity contribution in [3.8, 4) is 23.3 Å². The summed E-state index contributed by atoms with van der Waals surface area (Å²) in [6.07, 6.45) is 2.58. The predicted molar refractivity (Wildman–Crippen MR) is 231 cm³/mol. The van der Waals surface area contributed by atoms with E-state index in [1.54, 1.807) is 54.7 Å². The molecule has 10 rings (SSSR count). The number of rotatable bonds is 6. The molecule has 5 heterocycles. The van der Waals surface area contributed by atoms with Crippen LogP contribution in [0.2, 0.25) is 0 Å². The number of piperazine rings is 1. The molecule has 4 aliphatic heterocycles. The van der Waals surface area contributed by atoms with Crippen LogP contribution in [-0.4, -0.2) is 82.0 Å². The van der Waals surface area contributed by atoms with E-state index >= 15 is 14.4 Å². The van der Waals surface area contributed by atoms with Gasteiger partial charge in [-0.3, -0.25) is 19.3 Å². The van der Waals surface area contributed by atoms with Crippen LogP contribution < -0.4 is 15.0 Å². The van der Waals surface area contributed by atoms with Crippen molar-refractivity contribution in [1.29, 1.82) is 0 Å². The summed E-state index contributed by atoms with van der Waals surface area (Å²) in [6.45, 7) is 1.52. The number of fused-ring (bicyclic) bond motifs is 3. The first-order valence-corrected chi connectivity index (χ1v) is 20.6. The number of methoxy groups -OCH3 is 1. The molecule has 3 saturated heterocycles. The Labute approximate surface area is 358 Å². The number of aromatic hydroxyl groups is 1. The first kappa shape index (κ1) is 38.7. The maximum Gasteiger partial charge on any atom is 0.324 e. The fourth-order valence-electron chi connectivity index (χ4n) is 9.90. The third-order valence-electron chi connectivity index (χ3n) is 12.7. The van der Waals surface area contributed by atoms with Gasteiger partial charge < -0.3 is 29.7 Å². The normalized spacial score (nSPS) is 24.0. The number of amides is 2. The zero-order valence-electron chi connectivity index (χ0n) is 33.8. The first-order chi connectivity index (χ1) is 30.3. The van der Waals surface area contributed by atoms with Crippen LogP contribution in [0.5, 0.6) is 11.5 Å². The van der Waals surface area contributed by atoms with Crippen molar-refractivity contribution in [1.82, 2.24) is 19.8 Å². The van der Waals surface area contributed by atoms with E-state index in [4.69, 9.17) is 9.47 Å². The molecular weight excluding hydrogens is 781 g/mol. The van der Waals surface area contributed by atoms with Gasteiger partial charge in [-0.2, -0.15) is 0 Å². The van der Waals surface area contributed by atoms with E-state index in [-0.39, 0.29) is 11.7 Å². The largest absolute Gasteiger partial charge is 0.508 e. The molecule has 3 fully saturated rings. The van der Waals surface area contributed by atoms with E-state index in [0.717, 1.165) is 16.7 Å². The van der Waals surface area contributed by atoms with Gasteiger partial charge in [-0.15, -0.1) is 0 Å². The molecule has 0 aliphatic carbocycles. The monoisotopic (exact) mass is 822 g/mol. The Morgan fingerprint density at radius 1 is 0.758 bits per heavy atom. The number of carbonyl (C=O) groups is 3. The van der Waals surface area contributed by atoms with Crippen molar-refractivity contribution in [3.05, 3.63) is 179 Å². The molecule has 2 amide bonds. The van der Waals surface area contributed by atoms with Crippen LogP contribution in [-0.2, 0) is 24.5 Å². The third-order valence-corrected chi connectivity index (χ3v) is 12.7. The molecule has 1 spiro atoms. The number of morpholine rings is 1. The van der Waals surface area contributed by atoms with Crippen LogP contribution in [0.3, 0.4) is 0 Å². The van der Waals surface area contributed by atoms with Crippen molar-refractivity contribution in [3.63, 3.8) is 0 Å². The number of hydrogen-bond acceptors (Lipinski definition) is 10. The van der Waals surface area contributed by atoms with Gasteiger partial charge in [0.15, 0.2) is 0 Å². The van der Waals surface area contributed by atoms with Crippen LogP contribution in [0.15, 0.2) is 146 Å². The Kier molecular flexibility index (Phi) is 9.89. The molecule has 12 heteroatoms. The summed E-state index contributed by atoms with van der Waals surface area (Å²) in [5.41, 5.74) is 3.06. The fraction of sp³-hybridized carbons (Fsp3) is 0.220. The van der Waals surface area contributed by atoms with Gasteiger partial charge in [0, 0.05) is 55.4 Å². The summed E-state index contributed by atoms with van der Waals surface area (Å²) >= 11 is 0. The minimum Gasteiger partial charge on any atom is -0.508 e. The summed E-state index contributed by atoms with van der Waals surface area (Å²) in [7, 11) is 1.61. The number of anilines is 2. The van der Waals surface area contributed by atoms with E-state index in [1.807, 2.05) is 108 Å². The van der Waals surface area contributed by atoms with E-state index in [9.17, 15) is 5.11 Å². The number of phenols is 1. The van der Waals surface area contributed by atoms with Crippen molar-refractivity contribution in [2.75, 3.05) is 43.5 Å². The lowest BCUT2D eigenvalue weighted by Gasteiger charge is -2.46. The lowest BCUT2D eigenvalue weighted by Crippen LogP contribution is -2.58. The van der Waals surface area contributed by atoms with Crippen molar-refractivity contribution < 1.29 is 29.0 Å². The Bertz CT molecular complexity index is 2700. The summed E-state index contributed by atoms with van der Waals surface area (Å²) in [5.74, 6) is 5.26. The van der Waals surface area contributed by atoms with Gasteiger partial charge in [-0.05, 0) is 82.9 Å². The highest BCUT2D eigenvalue weighted by atomic mass is 16.6. The summed E-state index contributed by atoms with van der Waals surface area (Å²) < 4.78 is 11.9. The number of cyclic esters (lactones) is 1. The van der Waals surface area contributed by atoms with E-state index in [0.29, 0.717) is 60.3 Å². The lowest BCUT2D eigenvalue weighted by atomic mass is 9.65. The topological polar surface area (TPSA) is 137 Å². The number of aromatic nitrogens is 2. The SMILES string of the molecule is COc1ccc(C#Cc2ccc3c(c2)C2(C(=O)N3)C(C(=O)N3CCN(c4ncccn4)CC3)C3C(=O)OC(c4ccccc4)C(c4ccccc4)N3C2c2ccc(O)cc2)cc1. The first-order valence-electron chi connectivity index (χ1n) is 20.6. The van der Waals surface area contributed by atoms with E-state index < -0.39 is 47.4 Å². The average Bonchev–Trinajstić information content (AvgIpc) is 3.80. The number of esters is 1. The number of nitrogens with zero attached hydrogens (tertiary/aromatic N) is 5. The van der Waals surface area contributed by atoms with Crippen molar-refractivity contribution in [2.45, 2.75) is 29.6 Å². The van der Waals surface area contributed by atoms with Crippen LogP contribution in [0, 0.1) is 17.8 Å². The Hall–Kier alpha value is -7.49. The number of ether oxygens (including phenoxy) is 2. The number of hydrogen-bond donors (Lipinski definition) is 2. The predicted octanol–water partition coefficient (Wildman–Crippen LogP) is 6.21. The maximum atomic E-state index is 15.8. The highest BCUT2D eigenvalue weighted by Gasteiger charge is 2.74. The van der Waals surface area contributed by atoms with Gasteiger partial charge in [0.05, 0.1) is 25.1 Å². The molecule has 5 aromatic carbocycles. The molecule has 2 N–H and O–H groups in total. The quantitative estimate of drug-likeness (QED) is 0.147. The molecule has 308 valence electrons. The smallest absolute Gasteiger partial charge is 0.324 e. The molecule has 0 saturated carbocycles. The van der Waals surface area contributed by atoms with Crippen molar-refractivity contribution >= 4 is 29.4 Å². The molecule has 6 aromatic rings. The van der Waals surface area contributed by atoms with Gasteiger partial charge in [0.25, 0.3) is 0 Å². The molecular formula is C50H42N6O6. The minimum atomic E-state index is -1.68. The standard InChI is InChI=1S/C50H42N6O6/c1-61-38-22-15-32(16-23-38)13-14-33-17-24-40-39(31-33)50(48(60)53-40)41(46(58)54-27-29-55(30-28-54)49-51-25-8-26-52-49)43-47(59)62-44(35-11-6-3-7-12-35)42(34-9-4-2-5-10-34)56(43)45(50)36-18-20-37(57)21-19-36/h2-12,15-26,31,41-45,57H,27-30H2,1H3,(H,53,60). The van der Waals surface area contributed by atoms with Gasteiger partial charge in [0.1, 0.15) is 29.1 Å². The molecule has 6 unspecified atom stereocenters. The minimum absolute atomic E-state index is 0.0393. The second-order valence-corrected chi connectivity index (χ2v) is 15.9. The van der Waals surface area contributed by atoms with Crippen molar-refractivity contribution in [2.24, 2.45) is 5.92 Å². The molecule has 12 nitrogen and oxygen atoms in total. The average molecular weight is 823 g/mol. The van der Waals surface area contributed by atoms with Crippen LogP contribution in [0.25, 0.3) is 0 Å².